The molecule has 0 spiro atoms. The van der Waals surface area contributed by atoms with Crippen molar-refractivity contribution in [1.82, 2.24) is 5.32 Å². The van der Waals surface area contributed by atoms with E-state index in [4.69, 9.17) is 11.6 Å². The summed E-state index contributed by atoms with van der Waals surface area (Å²) in [6, 6.07) is 1.09. The molecule has 1 aromatic rings. The van der Waals surface area contributed by atoms with Crippen LogP contribution in [0.5, 0.6) is 0 Å². The van der Waals surface area contributed by atoms with Crippen LogP contribution in [0.25, 0.3) is 0 Å². The molecule has 0 aromatic heterocycles. The third-order valence-electron chi connectivity index (χ3n) is 2.87. The first-order valence-corrected chi connectivity index (χ1v) is 6.94. The van der Waals surface area contributed by atoms with E-state index in [-0.39, 0.29) is 22.7 Å². The summed E-state index contributed by atoms with van der Waals surface area (Å²) in [5.74, 6) is -1.84. The van der Waals surface area contributed by atoms with Crippen molar-refractivity contribution in [1.29, 1.82) is 0 Å². The quantitative estimate of drug-likeness (QED) is 0.841. The van der Waals surface area contributed by atoms with Gasteiger partial charge in [-0.1, -0.05) is 24.9 Å². The average molecular weight is 305 g/mol. The summed E-state index contributed by atoms with van der Waals surface area (Å²) >= 11 is 5.76. The van der Waals surface area contributed by atoms with Crippen LogP contribution in [0.1, 0.15) is 33.6 Å². The average Bonchev–Trinajstić information content (AvgIpc) is 2.33. The zero-order valence-corrected chi connectivity index (χ0v) is 12.5. The van der Waals surface area contributed by atoms with Gasteiger partial charge >= 0.3 is 0 Å². The van der Waals surface area contributed by atoms with Gasteiger partial charge in [-0.3, -0.25) is 4.79 Å². The topological polar surface area (TPSA) is 41.1 Å². The number of hydrogen-bond donors (Lipinski definition) is 2. The maximum absolute atomic E-state index is 13.6. The zero-order valence-electron chi connectivity index (χ0n) is 11.8. The van der Waals surface area contributed by atoms with Gasteiger partial charge in [-0.05, 0) is 26.3 Å². The van der Waals surface area contributed by atoms with Crippen LogP contribution in [0.2, 0.25) is 5.02 Å². The Morgan fingerprint density at radius 2 is 2.00 bits per heavy atom. The lowest BCUT2D eigenvalue weighted by Gasteiger charge is -2.19. The Hall–Kier alpha value is -1.36. The number of anilines is 1. The van der Waals surface area contributed by atoms with E-state index in [0.717, 1.165) is 25.0 Å². The van der Waals surface area contributed by atoms with Crippen molar-refractivity contribution >= 4 is 23.2 Å². The van der Waals surface area contributed by atoms with Gasteiger partial charge in [-0.2, -0.15) is 0 Å². The van der Waals surface area contributed by atoms with Crippen molar-refractivity contribution in [2.24, 2.45) is 0 Å². The zero-order chi connectivity index (χ0) is 15.3. The van der Waals surface area contributed by atoms with Gasteiger partial charge in [-0.15, -0.1) is 0 Å². The van der Waals surface area contributed by atoms with Crippen molar-refractivity contribution in [3.63, 3.8) is 0 Å². The number of carbonyl (C=O) groups excluding carboxylic acids is 1. The summed E-state index contributed by atoms with van der Waals surface area (Å²) in [6.45, 7) is 5.52. The molecule has 3 nitrogen and oxygen atoms in total. The number of benzene rings is 1. The van der Waals surface area contributed by atoms with Crippen LogP contribution in [0, 0.1) is 11.6 Å². The molecule has 0 fully saturated rings. The highest BCUT2D eigenvalue weighted by atomic mass is 35.5. The first-order chi connectivity index (χ1) is 9.35. The van der Waals surface area contributed by atoms with Gasteiger partial charge in [0.05, 0.1) is 10.7 Å². The monoisotopic (exact) mass is 304 g/mol. The van der Waals surface area contributed by atoms with Crippen molar-refractivity contribution in [2.75, 3.05) is 5.32 Å². The smallest absolute Gasteiger partial charge is 0.242 e. The van der Waals surface area contributed by atoms with E-state index in [1.54, 1.807) is 6.92 Å². The summed E-state index contributed by atoms with van der Waals surface area (Å²) in [6.07, 6.45) is 1.83. The molecular weight excluding hydrogens is 286 g/mol. The summed E-state index contributed by atoms with van der Waals surface area (Å²) < 4.78 is 26.5. The van der Waals surface area contributed by atoms with Crippen LogP contribution in [0.3, 0.4) is 0 Å². The van der Waals surface area contributed by atoms with Gasteiger partial charge in [0.15, 0.2) is 5.82 Å². The molecule has 1 amide bonds. The Balaban J connectivity index is 2.71. The van der Waals surface area contributed by atoms with E-state index in [1.807, 2.05) is 13.8 Å². The molecule has 0 aliphatic carbocycles. The SMILES string of the molecule is CCCC(C)NC(=O)C(C)Nc1c(F)cc(F)cc1Cl. The molecule has 0 heterocycles. The Morgan fingerprint density at radius 1 is 1.35 bits per heavy atom. The molecule has 1 rings (SSSR count). The van der Waals surface area contributed by atoms with Crippen molar-refractivity contribution in [3.05, 3.63) is 28.8 Å². The molecule has 1 aromatic carbocycles. The van der Waals surface area contributed by atoms with Gasteiger partial charge in [0.2, 0.25) is 5.91 Å². The minimum Gasteiger partial charge on any atom is -0.370 e. The highest BCUT2D eigenvalue weighted by molar-refractivity contribution is 6.33. The fourth-order valence-electron chi connectivity index (χ4n) is 1.84. The highest BCUT2D eigenvalue weighted by Crippen LogP contribution is 2.26. The van der Waals surface area contributed by atoms with Gasteiger partial charge in [-0.25, -0.2) is 8.78 Å². The fraction of sp³-hybridized carbons (Fsp3) is 0.500. The van der Waals surface area contributed by atoms with E-state index < -0.39 is 17.7 Å². The van der Waals surface area contributed by atoms with Crippen LogP contribution in [0.4, 0.5) is 14.5 Å². The van der Waals surface area contributed by atoms with E-state index in [1.165, 1.54) is 0 Å². The second-order valence-electron chi connectivity index (χ2n) is 4.81. The lowest BCUT2D eigenvalue weighted by Crippen LogP contribution is -2.42. The van der Waals surface area contributed by atoms with Gasteiger partial charge in [0.25, 0.3) is 0 Å². The van der Waals surface area contributed by atoms with E-state index in [9.17, 15) is 13.6 Å². The van der Waals surface area contributed by atoms with E-state index >= 15 is 0 Å². The standard InChI is InChI=1S/C14H19ClF2N2O/c1-4-5-8(2)18-14(20)9(3)19-13-11(15)6-10(16)7-12(13)17/h6-9,19H,4-5H2,1-3H3,(H,18,20). The molecule has 0 aliphatic heterocycles. The third-order valence-corrected chi connectivity index (χ3v) is 3.17. The van der Waals surface area contributed by atoms with Gasteiger partial charge in [0, 0.05) is 12.1 Å². The number of hydrogen-bond acceptors (Lipinski definition) is 2. The third kappa shape index (κ3) is 4.63. The van der Waals surface area contributed by atoms with Crippen LogP contribution in [-0.4, -0.2) is 18.0 Å². The highest BCUT2D eigenvalue weighted by Gasteiger charge is 2.18. The first-order valence-electron chi connectivity index (χ1n) is 6.56. The molecule has 2 N–H and O–H groups in total. The summed E-state index contributed by atoms with van der Waals surface area (Å²) in [5.41, 5.74) is -0.0705. The second kappa shape index (κ2) is 7.43. The number of carbonyl (C=O) groups is 1. The van der Waals surface area contributed by atoms with Crippen molar-refractivity contribution < 1.29 is 13.6 Å². The maximum atomic E-state index is 13.6. The minimum absolute atomic E-state index is 0.0466. The number of halogens is 3. The first kappa shape index (κ1) is 16.7. The molecule has 2 atom stereocenters. The number of amides is 1. The van der Waals surface area contributed by atoms with Crippen molar-refractivity contribution in [3.8, 4) is 0 Å². The molecule has 0 bridgehead atoms. The fourth-order valence-corrected chi connectivity index (χ4v) is 2.08. The molecule has 0 saturated heterocycles. The van der Waals surface area contributed by atoms with Crippen LogP contribution >= 0.6 is 11.6 Å². The molecule has 2 unspecified atom stereocenters. The number of nitrogens with one attached hydrogen (secondary N) is 2. The summed E-state index contributed by atoms with van der Waals surface area (Å²) in [4.78, 5) is 11.9. The van der Waals surface area contributed by atoms with Gasteiger partial charge in [0.1, 0.15) is 11.9 Å². The van der Waals surface area contributed by atoms with E-state index in [0.29, 0.717) is 0 Å². The van der Waals surface area contributed by atoms with Crippen LogP contribution in [-0.2, 0) is 4.79 Å². The van der Waals surface area contributed by atoms with E-state index in [2.05, 4.69) is 10.6 Å². The molecule has 0 saturated carbocycles. The van der Waals surface area contributed by atoms with Crippen LogP contribution < -0.4 is 10.6 Å². The molecule has 6 heteroatoms. The normalized spacial score (nSPS) is 13.7. The van der Waals surface area contributed by atoms with Gasteiger partial charge < -0.3 is 10.6 Å². The molecular formula is C14H19ClF2N2O. The second-order valence-corrected chi connectivity index (χ2v) is 5.22. The number of rotatable bonds is 6. The Labute approximate surface area is 122 Å². The minimum atomic E-state index is -0.823. The maximum Gasteiger partial charge on any atom is 0.242 e. The van der Waals surface area contributed by atoms with Crippen LogP contribution in [0.15, 0.2) is 12.1 Å². The molecule has 0 aliphatic rings. The predicted molar refractivity (Wildman–Crippen MR) is 77.0 cm³/mol. The lowest BCUT2D eigenvalue weighted by molar-refractivity contribution is -0.122. The Kier molecular flexibility index (Phi) is 6.20. The predicted octanol–water partition coefficient (Wildman–Crippen LogP) is 3.72. The molecule has 0 radical (unpaired) electrons. The lowest BCUT2D eigenvalue weighted by atomic mass is 10.2. The Morgan fingerprint density at radius 3 is 2.55 bits per heavy atom. The van der Waals surface area contributed by atoms with Crippen molar-refractivity contribution in [2.45, 2.75) is 45.7 Å². The summed E-state index contributed by atoms with van der Waals surface area (Å²) in [5, 5.41) is 5.38. The Bertz CT molecular complexity index is 459. The largest absolute Gasteiger partial charge is 0.370 e. The molecule has 112 valence electrons. The molecule has 20 heavy (non-hydrogen) atoms. The summed E-state index contributed by atoms with van der Waals surface area (Å²) in [7, 11) is 0.